The van der Waals surface area contributed by atoms with E-state index in [1.54, 1.807) is 55.5 Å². The molecule has 198 valence electrons. The monoisotopic (exact) mass is 688 g/mol. The molecule has 3 aromatic rings. The smallest absolute Gasteiger partial charge is 0.329 e. The summed E-state index contributed by atoms with van der Waals surface area (Å²) in [6.07, 6.45) is 1.33. The van der Waals surface area contributed by atoms with Crippen molar-refractivity contribution < 1.29 is 23.9 Å². The zero-order chi connectivity index (χ0) is 27.7. The first kappa shape index (κ1) is 29.5. The van der Waals surface area contributed by atoms with Crippen LogP contribution in [-0.4, -0.2) is 37.1 Å². The summed E-state index contributed by atoms with van der Waals surface area (Å²) in [4.78, 5) is 36.6. The third-order valence-electron chi connectivity index (χ3n) is 4.57. The molecule has 0 unspecified atom stereocenters. The molecule has 0 fully saturated rings. The Morgan fingerprint density at radius 2 is 1.74 bits per heavy atom. The molecular formula is C25H20Cl3IN4O5. The predicted molar refractivity (Wildman–Crippen MR) is 157 cm³/mol. The first-order valence-corrected chi connectivity index (χ1v) is 13.1. The number of amides is 3. The molecule has 0 bridgehead atoms. The number of nitrogens with one attached hydrogen (secondary N) is 3. The van der Waals surface area contributed by atoms with Crippen molar-refractivity contribution in [1.29, 1.82) is 0 Å². The lowest BCUT2D eigenvalue weighted by Crippen LogP contribution is -2.32. The SMILES string of the molecule is CCOc1cc(/C=N\NC(=O)C(=O)Nc2cccc(Cl)c2Cl)cc(I)c1OCC(=O)Nc1cccc(Cl)c1. The van der Waals surface area contributed by atoms with Gasteiger partial charge in [-0.15, -0.1) is 0 Å². The van der Waals surface area contributed by atoms with E-state index < -0.39 is 11.8 Å². The highest BCUT2D eigenvalue weighted by atomic mass is 127. The Morgan fingerprint density at radius 3 is 2.47 bits per heavy atom. The van der Waals surface area contributed by atoms with Crippen molar-refractivity contribution in [2.24, 2.45) is 5.10 Å². The Morgan fingerprint density at radius 1 is 0.974 bits per heavy atom. The molecular weight excluding hydrogens is 670 g/mol. The summed E-state index contributed by atoms with van der Waals surface area (Å²) in [7, 11) is 0. The largest absolute Gasteiger partial charge is 0.490 e. The lowest BCUT2D eigenvalue weighted by molar-refractivity contribution is -0.136. The molecule has 0 aromatic heterocycles. The summed E-state index contributed by atoms with van der Waals surface area (Å²) in [6.45, 7) is 1.87. The fourth-order valence-corrected chi connectivity index (χ4v) is 4.28. The molecule has 3 amide bonds. The summed E-state index contributed by atoms with van der Waals surface area (Å²) < 4.78 is 12.0. The van der Waals surface area contributed by atoms with Crippen molar-refractivity contribution in [3.05, 3.63) is 78.8 Å². The number of hydrazone groups is 1. The number of carbonyl (C=O) groups excluding carboxylic acids is 3. The number of nitrogens with zero attached hydrogens (tertiary/aromatic N) is 1. The fraction of sp³-hybridized carbons (Fsp3) is 0.120. The molecule has 0 aliphatic heterocycles. The van der Waals surface area contributed by atoms with Crippen LogP contribution in [0.1, 0.15) is 12.5 Å². The molecule has 3 aromatic carbocycles. The Balaban J connectivity index is 1.62. The molecule has 0 aliphatic carbocycles. The summed E-state index contributed by atoms with van der Waals surface area (Å²) >= 11 is 19.9. The standard InChI is InChI=1S/C25H20Cl3IN4O5/c1-2-37-20-10-14(12-30-33-25(36)24(35)32-19-8-4-7-17(27)22(19)28)9-18(29)23(20)38-13-21(34)31-16-6-3-5-15(26)11-16/h3-12H,2,13H2,1H3,(H,31,34)(H,32,35)(H,33,36)/b30-12-. The summed E-state index contributed by atoms with van der Waals surface area (Å²) in [6, 6.07) is 14.7. The molecule has 0 saturated carbocycles. The van der Waals surface area contributed by atoms with E-state index >= 15 is 0 Å². The Hall–Kier alpha value is -3.06. The molecule has 0 heterocycles. The number of hydrogen-bond acceptors (Lipinski definition) is 6. The van der Waals surface area contributed by atoms with Gasteiger partial charge < -0.3 is 20.1 Å². The van der Waals surface area contributed by atoms with Crippen molar-refractivity contribution in [3.63, 3.8) is 0 Å². The minimum Gasteiger partial charge on any atom is -0.490 e. The van der Waals surface area contributed by atoms with Crippen LogP contribution < -0.4 is 25.5 Å². The maximum Gasteiger partial charge on any atom is 0.329 e. The van der Waals surface area contributed by atoms with E-state index in [9.17, 15) is 14.4 Å². The van der Waals surface area contributed by atoms with E-state index in [0.29, 0.717) is 37.9 Å². The number of rotatable bonds is 9. The zero-order valence-electron chi connectivity index (χ0n) is 19.7. The first-order valence-electron chi connectivity index (χ1n) is 10.9. The molecule has 3 rings (SSSR count). The fourth-order valence-electron chi connectivity index (χ4n) is 2.96. The van der Waals surface area contributed by atoms with Gasteiger partial charge in [0, 0.05) is 10.7 Å². The molecule has 0 aliphatic rings. The van der Waals surface area contributed by atoms with Crippen molar-refractivity contribution in [2.75, 3.05) is 23.8 Å². The van der Waals surface area contributed by atoms with E-state index in [1.165, 1.54) is 12.3 Å². The molecule has 9 nitrogen and oxygen atoms in total. The third kappa shape index (κ3) is 8.48. The Labute approximate surface area is 246 Å². The van der Waals surface area contributed by atoms with Crippen molar-refractivity contribution in [3.8, 4) is 11.5 Å². The van der Waals surface area contributed by atoms with Gasteiger partial charge in [-0.1, -0.05) is 46.9 Å². The maximum atomic E-state index is 12.3. The minimum absolute atomic E-state index is 0.112. The van der Waals surface area contributed by atoms with E-state index in [4.69, 9.17) is 44.3 Å². The van der Waals surface area contributed by atoms with Crippen LogP contribution in [0.2, 0.25) is 15.1 Å². The van der Waals surface area contributed by atoms with Gasteiger partial charge in [0.15, 0.2) is 18.1 Å². The second-order valence-electron chi connectivity index (χ2n) is 7.36. The van der Waals surface area contributed by atoms with Gasteiger partial charge in [0.1, 0.15) is 0 Å². The minimum atomic E-state index is -1.01. The van der Waals surface area contributed by atoms with Crippen LogP contribution in [0, 0.1) is 3.57 Å². The maximum absolute atomic E-state index is 12.3. The third-order valence-corrected chi connectivity index (χ3v) is 6.43. The van der Waals surface area contributed by atoms with E-state index in [0.717, 1.165) is 0 Å². The van der Waals surface area contributed by atoms with Crippen molar-refractivity contribution >= 4 is 92.7 Å². The number of halogens is 4. The Kier molecular flexibility index (Phi) is 11.0. The average molecular weight is 690 g/mol. The van der Waals surface area contributed by atoms with Gasteiger partial charge in [-0.05, 0) is 77.5 Å². The van der Waals surface area contributed by atoms with Crippen LogP contribution in [0.4, 0.5) is 11.4 Å². The van der Waals surface area contributed by atoms with Gasteiger partial charge in [-0.2, -0.15) is 5.10 Å². The zero-order valence-corrected chi connectivity index (χ0v) is 24.1. The van der Waals surface area contributed by atoms with Crippen LogP contribution in [0.3, 0.4) is 0 Å². The van der Waals surface area contributed by atoms with Gasteiger partial charge >= 0.3 is 11.8 Å². The molecule has 38 heavy (non-hydrogen) atoms. The molecule has 13 heteroatoms. The lowest BCUT2D eigenvalue weighted by atomic mass is 10.2. The molecule has 0 spiro atoms. The van der Waals surface area contributed by atoms with Gasteiger partial charge in [0.25, 0.3) is 5.91 Å². The van der Waals surface area contributed by atoms with Crippen molar-refractivity contribution in [2.45, 2.75) is 6.92 Å². The van der Waals surface area contributed by atoms with Crippen LogP contribution in [-0.2, 0) is 14.4 Å². The number of ether oxygens (including phenoxy) is 2. The topological polar surface area (TPSA) is 118 Å². The number of anilines is 2. The van der Waals surface area contributed by atoms with E-state index in [2.05, 4.69) is 21.2 Å². The van der Waals surface area contributed by atoms with Crippen LogP contribution in [0.25, 0.3) is 0 Å². The number of benzene rings is 3. The highest BCUT2D eigenvalue weighted by Gasteiger charge is 2.16. The van der Waals surface area contributed by atoms with Gasteiger partial charge in [-0.25, -0.2) is 5.43 Å². The van der Waals surface area contributed by atoms with Crippen LogP contribution in [0.15, 0.2) is 59.7 Å². The van der Waals surface area contributed by atoms with Crippen molar-refractivity contribution in [1.82, 2.24) is 5.43 Å². The molecule has 0 atom stereocenters. The summed E-state index contributed by atoms with van der Waals surface area (Å²) in [5.74, 6) is -1.63. The molecule has 0 radical (unpaired) electrons. The second kappa shape index (κ2) is 14.2. The predicted octanol–water partition coefficient (Wildman–Crippen LogP) is 5.76. The van der Waals surface area contributed by atoms with Gasteiger partial charge in [-0.3, -0.25) is 14.4 Å². The average Bonchev–Trinajstić information content (AvgIpc) is 2.86. The quantitative estimate of drug-likeness (QED) is 0.114. The summed E-state index contributed by atoms with van der Waals surface area (Å²) in [5.41, 5.74) is 3.43. The van der Waals surface area contributed by atoms with E-state index in [-0.39, 0.29) is 28.2 Å². The first-order chi connectivity index (χ1) is 18.2. The van der Waals surface area contributed by atoms with Crippen LogP contribution in [0.5, 0.6) is 11.5 Å². The molecule has 0 saturated heterocycles. The normalized spacial score (nSPS) is 10.7. The van der Waals surface area contributed by atoms with Gasteiger partial charge in [0.05, 0.1) is 32.1 Å². The summed E-state index contributed by atoms with van der Waals surface area (Å²) in [5, 5.41) is 9.74. The highest BCUT2D eigenvalue weighted by molar-refractivity contribution is 14.1. The number of carbonyl (C=O) groups is 3. The highest BCUT2D eigenvalue weighted by Crippen LogP contribution is 2.34. The number of hydrogen-bond donors (Lipinski definition) is 3. The van der Waals surface area contributed by atoms with E-state index in [1.807, 2.05) is 22.6 Å². The second-order valence-corrected chi connectivity index (χ2v) is 9.75. The van der Waals surface area contributed by atoms with Crippen LogP contribution >= 0.6 is 57.4 Å². The molecule has 3 N–H and O–H groups in total. The Bertz CT molecular complexity index is 1390. The lowest BCUT2D eigenvalue weighted by Gasteiger charge is -2.14. The van der Waals surface area contributed by atoms with Gasteiger partial charge in [0.2, 0.25) is 0 Å².